The molecule has 0 spiro atoms. The zero-order valence-electron chi connectivity index (χ0n) is 20.3. The number of carbonyl (C=O) groups is 1. The maximum atomic E-state index is 13.5. The van der Waals surface area contributed by atoms with E-state index in [0.717, 1.165) is 62.8 Å². The normalized spacial score (nSPS) is 17.7. The number of likely N-dealkylation sites (tertiary alicyclic amines) is 1. The summed E-state index contributed by atoms with van der Waals surface area (Å²) in [7, 11) is 2.10. The minimum Gasteiger partial charge on any atom is -0.384 e. The van der Waals surface area contributed by atoms with Crippen molar-refractivity contribution in [3.63, 3.8) is 0 Å². The van der Waals surface area contributed by atoms with Gasteiger partial charge in [0.05, 0.1) is 28.7 Å². The SMILES string of the molecule is Cc1nn(C2CCN(C)CC2)cc1Nc1cc(NCCCNC(=O)C2CCC2)c(C(F)(F)F)cn1. The lowest BCUT2D eigenvalue weighted by Gasteiger charge is -2.28. The van der Waals surface area contributed by atoms with Crippen LogP contribution in [-0.4, -0.2) is 58.8 Å². The van der Waals surface area contributed by atoms with Crippen LogP contribution in [0.15, 0.2) is 18.5 Å². The molecule has 0 unspecified atom stereocenters. The molecule has 35 heavy (non-hydrogen) atoms. The maximum absolute atomic E-state index is 13.5. The number of nitrogens with one attached hydrogen (secondary N) is 3. The van der Waals surface area contributed by atoms with E-state index < -0.39 is 11.7 Å². The number of anilines is 3. The minimum absolute atomic E-state index is 0.0405. The van der Waals surface area contributed by atoms with E-state index in [-0.39, 0.29) is 17.5 Å². The molecule has 3 N–H and O–H groups in total. The van der Waals surface area contributed by atoms with Gasteiger partial charge in [0.25, 0.3) is 0 Å². The quantitative estimate of drug-likeness (QED) is 0.451. The highest BCUT2D eigenvalue weighted by Gasteiger charge is 2.34. The molecule has 11 heteroatoms. The predicted octanol–water partition coefficient (Wildman–Crippen LogP) is 4.33. The molecule has 1 saturated heterocycles. The van der Waals surface area contributed by atoms with Crippen LogP contribution in [0, 0.1) is 12.8 Å². The molecule has 1 amide bonds. The van der Waals surface area contributed by atoms with Gasteiger partial charge in [-0.25, -0.2) is 4.98 Å². The van der Waals surface area contributed by atoms with E-state index in [1.807, 2.05) is 17.8 Å². The van der Waals surface area contributed by atoms with E-state index in [2.05, 4.69) is 38.0 Å². The third-order valence-electron chi connectivity index (χ3n) is 6.90. The first kappa shape index (κ1) is 25.3. The number of aryl methyl sites for hydroxylation is 1. The Kier molecular flexibility index (Phi) is 7.83. The molecular formula is C24H34F3N7O. The molecule has 2 aromatic heterocycles. The van der Waals surface area contributed by atoms with Crippen molar-refractivity contribution in [1.82, 2.24) is 25.0 Å². The highest BCUT2D eigenvalue weighted by molar-refractivity contribution is 5.79. The van der Waals surface area contributed by atoms with Gasteiger partial charge in [0.2, 0.25) is 5.91 Å². The van der Waals surface area contributed by atoms with E-state index in [1.165, 1.54) is 6.07 Å². The Morgan fingerprint density at radius 1 is 1.14 bits per heavy atom. The van der Waals surface area contributed by atoms with Crippen molar-refractivity contribution < 1.29 is 18.0 Å². The molecule has 4 rings (SSSR count). The summed E-state index contributed by atoms with van der Waals surface area (Å²) in [6.45, 7) is 4.60. The van der Waals surface area contributed by atoms with E-state index in [0.29, 0.717) is 31.4 Å². The summed E-state index contributed by atoms with van der Waals surface area (Å²) in [4.78, 5) is 18.2. The first-order chi connectivity index (χ1) is 16.7. The van der Waals surface area contributed by atoms with E-state index in [4.69, 9.17) is 0 Å². The Morgan fingerprint density at radius 3 is 2.54 bits per heavy atom. The standard InChI is InChI=1S/C24H34F3N7O/c1-16-21(15-34(32-16)18-7-11-33(2)12-8-18)31-22-13-20(19(14-30-22)24(25,26)27)28-9-4-10-29-23(35)17-5-3-6-17/h13-15,17-18H,3-12H2,1-2H3,(H,29,35)(H2,28,30,31). The molecule has 2 aliphatic rings. The molecule has 1 aliphatic heterocycles. The Morgan fingerprint density at radius 2 is 1.89 bits per heavy atom. The van der Waals surface area contributed by atoms with Crippen LogP contribution < -0.4 is 16.0 Å². The summed E-state index contributed by atoms with van der Waals surface area (Å²) in [5, 5.41) is 13.5. The Bertz CT molecular complexity index is 1010. The third kappa shape index (κ3) is 6.45. The molecule has 3 heterocycles. The molecule has 2 aromatic rings. The molecule has 0 atom stereocenters. The Hall–Kier alpha value is -2.82. The van der Waals surface area contributed by atoms with E-state index in [9.17, 15) is 18.0 Å². The van der Waals surface area contributed by atoms with Crippen LogP contribution >= 0.6 is 0 Å². The van der Waals surface area contributed by atoms with Gasteiger partial charge < -0.3 is 20.9 Å². The summed E-state index contributed by atoms with van der Waals surface area (Å²) < 4.78 is 42.6. The Labute approximate surface area is 203 Å². The lowest BCUT2D eigenvalue weighted by molar-refractivity contribution is -0.137. The zero-order chi connectivity index (χ0) is 25.0. The largest absolute Gasteiger partial charge is 0.419 e. The highest BCUT2D eigenvalue weighted by atomic mass is 19.4. The molecule has 0 bridgehead atoms. The number of hydrogen-bond acceptors (Lipinski definition) is 6. The van der Waals surface area contributed by atoms with Gasteiger partial charge in [0.1, 0.15) is 5.82 Å². The summed E-state index contributed by atoms with van der Waals surface area (Å²) in [5.41, 5.74) is 0.629. The number of alkyl halides is 3. The van der Waals surface area contributed by atoms with Gasteiger partial charge in [-0.05, 0) is 59.2 Å². The van der Waals surface area contributed by atoms with Crippen molar-refractivity contribution in [2.45, 2.75) is 57.7 Å². The number of hydrogen-bond donors (Lipinski definition) is 3. The number of amides is 1. The second-order valence-electron chi connectivity index (χ2n) is 9.58. The fourth-order valence-electron chi connectivity index (χ4n) is 4.42. The average Bonchev–Trinajstić information content (AvgIpc) is 3.12. The van der Waals surface area contributed by atoms with Crippen LogP contribution in [-0.2, 0) is 11.0 Å². The third-order valence-corrected chi connectivity index (χ3v) is 6.90. The number of piperidine rings is 1. The number of nitrogens with zero attached hydrogens (tertiary/aromatic N) is 4. The first-order valence-electron chi connectivity index (χ1n) is 12.3. The first-order valence-corrected chi connectivity index (χ1v) is 12.3. The molecule has 2 fully saturated rings. The van der Waals surface area contributed by atoms with E-state index >= 15 is 0 Å². The van der Waals surface area contributed by atoms with Gasteiger partial charge >= 0.3 is 6.18 Å². The molecule has 1 saturated carbocycles. The van der Waals surface area contributed by atoms with Gasteiger partial charge in [-0.3, -0.25) is 9.48 Å². The number of aromatic nitrogens is 3. The van der Waals surface area contributed by atoms with Crippen LogP contribution in [0.4, 0.5) is 30.4 Å². The van der Waals surface area contributed by atoms with Crippen LogP contribution in [0.5, 0.6) is 0 Å². The topological polar surface area (TPSA) is 87.1 Å². The van der Waals surface area contributed by atoms with Crippen LogP contribution in [0.1, 0.15) is 55.8 Å². The maximum Gasteiger partial charge on any atom is 0.419 e. The second-order valence-corrected chi connectivity index (χ2v) is 9.58. The molecule has 192 valence electrons. The molecule has 1 aliphatic carbocycles. The van der Waals surface area contributed by atoms with Crippen molar-refractivity contribution in [2.75, 3.05) is 43.9 Å². The van der Waals surface area contributed by atoms with E-state index in [1.54, 1.807) is 0 Å². The molecule has 0 aromatic carbocycles. The lowest BCUT2D eigenvalue weighted by atomic mass is 9.85. The van der Waals surface area contributed by atoms with Gasteiger partial charge in [0, 0.05) is 37.5 Å². The molecule has 0 radical (unpaired) electrons. The van der Waals surface area contributed by atoms with Gasteiger partial charge in [0.15, 0.2) is 0 Å². The zero-order valence-corrected chi connectivity index (χ0v) is 20.3. The van der Waals surface area contributed by atoms with Crippen LogP contribution in [0.25, 0.3) is 0 Å². The van der Waals surface area contributed by atoms with Crippen molar-refractivity contribution in [3.8, 4) is 0 Å². The second kappa shape index (κ2) is 10.8. The number of rotatable bonds is 9. The number of halogens is 3. The average molecular weight is 494 g/mol. The summed E-state index contributed by atoms with van der Waals surface area (Å²) in [6.07, 6.45) is 3.67. The van der Waals surface area contributed by atoms with Gasteiger partial charge in [-0.2, -0.15) is 18.3 Å². The highest BCUT2D eigenvalue weighted by Crippen LogP contribution is 2.36. The van der Waals surface area contributed by atoms with Crippen molar-refractivity contribution in [1.29, 1.82) is 0 Å². The predicted molar refractivity (Wildman–Crippen MR) is 129 cm³/mol. The fraction of sp³-hybridized carbons (Fsp3) is 0.625. The van der Waals surface area contributed by atoms with Crippen LogP contribution in [0.3, 0.4) is 0 Å². The van der Waals surface area contributed by atoms with Crippen molar-refractivity contribution in [3.05, 3.63) is 29.7 Å². The number of pyridine rings is 1. The fourth-order valence-corrected chi connectivity index (χ4v) is 4.42. The van der Waals surface area contributed by atoms with Crippen LogP contribution in [0.2, 0.25) is 0 Å². The smallest absolute Gasteiger partial charge is 0.384 e. The Balaban J connectivity index is 1.38. The molecule has 8 nitrogen and oxygen atoms in total. The lowest BCUT2D eigenvalue weighted by Crippen LogP contribution is -2.35. The van der Waals surface area contributed by atoms with Gasteiger partial charge in [-0.1, -0.05) is 6.42 Å². The van der Waals surface area contributed by atoms with Gasteiger partial charge in [-0.15, -0.1) is 0 Å². The summed E-state index contributed by atoms with van der Waals surface area (Å²) in [5.74, 6) is 0.449. The monoisotopic (exact) mass is 493 g/mol. The van der Waals surface area contributed by atoms with Crippen molar-refractivity contribution in [2.24, 2.45) is 5.92 Å². The summed E-state index contributed by atoms with van der Waals surface area (Å²) >= 11 is 0. The summed E-state index contributed by atoms with van der Waals surface area (Å²) in [6, 6.07) is 1.69. The minimum atomic E-state index is -4.53. The molecular weight excluding hydrogens is 459 g/mol. The number of carbonyl (C=O) groups excluding carboxylic acids is 1. The van der Waals surface area contributed by atoms with Crippen molar-refractivity contribution >= 4 is 23.1 Å².